The van der Waals surface area contributed by atoms with Gasteiger partial charge in [-0.15, -0.1) is 0 Å². The zero-order valence-corrected chi connectivity index (χ0v) is 11.4. The first kappa shape index (κ1) is 15.8. The fraction of sp³-hybridized carbons (Fsp3) is 0.455. The molecule has 0 bridgehead atoms. The highest BCUT2D eigenvalue weighted by molar-refractivity contribution is 7.89. The van der Waals surface area contributed by atoms with E-state index < -0.39 is 20.7 Å². The van der Waals surface area contributed by atoms with Gasteiger partial charge in [0.05, 0.1) is 18.9 Å². The largest absolute Gasteiger partial charge is 0.398 e. The van der Waals surface area contributed by atoms with Crippen LogP contribution in [0.15, 0.2) is 23.1 Å². The van der Waals surface area contributed by atoms with E-state index in [2.05, 4.69) is 0 Å². The Balaban J connectivity index is 3.19. The van der Waals surface area contributed by atoms with Crippen LogP contribution in [0.5, 0.6) is 0 Å². The molecular weight excluding hydrogens is 275 g/mol. The molecule has 0 fully saturated rings. The molecule has 8 heteroatoms. The van der Waals surface area contributed by atoms with Gasteiger partial charge in [0.15, 0.2) is 0 Å². The van der Waals surface area contributed by atoms with Gasteiger partial charge in [0.1, 0.15) is 10.7 Å². The van der Waals surface area contributed by atoms with E-state index in [1.807, 2.05) is 0 Å². The lowest BCUT2D eigenvalue weighted by Crippen LogP contribution is -2.37. The third-order valence-electron chi connectivity index (χ3n) is 2.49. The van der Waals surface area contributed by atoms with Crippen molar-refractivity contribution in [3.8, 4) is 0 Å². The summed E-state index contributed by atoms with van der Waals surface area (Å²) in [7, 11) is -2.69. The molecule has 0 saturated heterocycles. The number of anilines is 1. The second kappa shape index (κ2) is 6.80. The van der Waals surface area contributed by atoms with Gasteiger partial charge < -0.3 is 15.6 Å². The molecule has 0 aliphatic heterocycles. The van der Waals surface area contributed by atoms with E-state index in [-0.39, 0.29) is 32.0 Å². The molecule has 0 aliphatic rings. The van der Waals surface area contributed by atoms with E-state index >= 15 is 0 Å². The van der Waals surface area contributed by atoms with Gasteiger partial charge in [-0.05, 0) is 12.1 Å². The maximum atomic E-state index is 13.7. The summed E-state index contributed by atoms with van der Waals surface area (Å²) in [6.45, 7) is -0.391. The van der Waals surface area contributed by atoms with Crippen LogP contribution in [0, 0.1) is 5.82 Å². The van der Waals surface area contributed by atoms with Gasteiger partial charge in [-0.1, -0.05) is 6.07 Å². The normalized spacial score (nSPS) is 12.0. The minimum atomic E-state index is -4.10. The molecule has 1 aromatic carbocycles. The summed E-state index contributed by atoms with van der Waals surface area (Å²) in [4.78, 5) is -0.570. The van der Waals surface area contributed by atoms with Crippen LogP contribution in [0.25, 0.3) is 0 Å². The Kier molecular flexibility index (Phi) is 5.67. The maximum Gasteiger partial charge on any atom is 0.248 e. The fourth-order valence-electron chi connectivity index (χ4n) is 1.58. The quantitative estimate of drug-likeness (QED) is 0.692. The van der Waals surface area contributed by atoms with Crippen molar-refractivity contribution in [3.63, 3.8) is 0 Å². The van der Waals surface area contributed by atoms with Crippen LogP contribution < -0.4 is 5.73 Å². The van der Waals surface area contributed by atoms with Crippen LogP contribution in [-0.4, -0.2) is 51.2 Å². The Morgan fingerprint density at radius 1 is 1.42 bits per heavy atom. The van der Waals surface area contributed by atoms with Gasteiger partial charge in [0.2, 0.25) is 10.0 Å². The molecule has 0 amide bonds. The van der Waals surface area contributed by atoms with Crippen LogP contribution in [0.4, 0.5) is 10.1 Å². The number of aliphatic hydroxyl groups excluding tert-OH is 1. The molecule has 6 nitrogen and oxygen atoms in total. The average Bonchev–Trinajstić information content (AvgIpc) is 2.33. The Hall–Kier alpha value is -1.22. The van der Waals surface area contributed by atoms with Gasteiger partial charge in [0.25, 0.3) is 0 Å². The van der Waals surface area contributed by atoms with Gasteiger partial charge in [-0.2, -0.15) is 4.31 Å². The minimum absolute atomic E-state index is 0.00711. The van der Waals surface area contributed by atoms with Crippen molar-refractivity contribution in [2.75, 3.05) is 39.1 Å². The summed E-state index contributed by atoms with van der Waals surface area (Å²) < 4.78 is 44.0. The van der Waals surface area contributed by atoms with Gasteiger partial charge >= 0.3 is 0 Å². The van der Waals surface area contributed by atoms with Crippen molar-refractivity contribution in [2.45, 2.75) is 4.90 Å². The first-order valence-electron chi connectivity index (χ1n) is 5.59. The number of nitrogens with two attached hydrogens (primary N) is 1. The van der Waals surface area contributed by atoms with Crippen molar-refractivity contribution >= 4 is 15.7 Å². The number of nitrogens with zero attached hydrogens (tertiary/aromatic N) is 1. The second-order valence-electron chi connectivity index (χ2n) is 3.78. The summed E-state index contributed by atoms with van der Waals surface area (Å²) in [6.07, 6.45) is 0. The number of benzene rings is 1. The summed E-state index contributed by atoms with van der Waals surface area (Å²) >= 11 is 0. The molecule has 0 unspecified atom stereocenters. The number of rotatable bonds is 7. The van der Waals surface area contributed by atoms with Crippen molar-refractivity contribution in [1.29, 1.82) is 0 Å². The van der Waals surface area contributed by atoms with Crippen molar-refractivity contribution in [3.05, 3.63) is 24.0 Å². The highest BCUT2D eigenvalue weighted by Crippen LogP contribution is 2.25. The molecule has 19 heavy (non-hydrogen) atoms. The first-order valence-corrected chi connectivity index (χ1v) is 7.03. The minimum Gasteiger partial charge on any atom is -0.398 e. The van der Waals surface area contributed by atoms with Crippen LogP contribution in [0.3, 0.4) is 0 Å². The molecule has 0 spiro atoms. The second-order valence-corrected chi connectivity index (χ2v) is 5.65. The summed E-state index contributed by atoms with van der Waals surface area (Å²) in [5, 5.41) is 8.91. The van der Waals surface area contributed by atoms with Gasteiger partial charge in [-0.3, -0.25) is 0 Å². The zero-order valence-electron chi connectivity index (χ0n) is 10.5. The number of aliphatic hydroxyl groups is 1. The van der Waals surface area contributed by atoms with Crippen molar-refractivity contribution in [1.82, 2.24) is 4.31 Å². The number of nitrogen functional groups attached to an aromatic ring is 1. The number of methoxy groups -OCH3 is 1. The third kappa shape index (κ3) is 3.63. The fourth-order valence-corrected chi connectivity index (χ4v) is 3.16. The Bertz CT molecular complexity index is 501. The van der Waals surface area contributed by atoms with E-state index in [4.69, 9.17) is 15.6 Å². The number of hydrogen-bond acceptors (Lipinski definition) is 5. The van der Waals surface area contributed by atoms with Gasteiger partial charge in [0, 0.05) is 20.2 Å². The predicted molar refractivity (Wildman–Crippen MR) is 68.5 cm³/mol. The standard InChI is InChI=1S/C11H17FN2O4S/c1-18-8-6-14(5-7-15)19(16,17)11-9(12)3-2-4-10(11)13/h2-4,15H,5-8,13H2,1H3. The van der Waals surface area contributed by atoms with Crippen LogP contribution in [-0.2, 0) is 14.8 Å². The first-order chi connectivity index (χ1) is 8.95. The van der Waals surface area contributed by atoms with Crippen molar-refractivity contribution < 1.29 is 22.7 Å². The van der Waals surface area contributed by atoms with E-state index in [9.17, 15) is 12.8 Å². The molecule has 0 radical (unpaired) electrons. The zero-order chi connectivity index (χ0) is 14.5. The van der Waals surface area contributed by atoms with E-state index in [0.717, 1.165) is 10.4 Å². The smallest absolute Gasteiger partial charge is 0.248 e. The van der Waals surface area contributed by atoms with Crippen LogP contribution in [0.1, 0.15) is 0 Å². The summed E-state index contributed by atoms with van der Waals surface area (Å²) in [5.41, 5.74) is 5.36. The molecule has 0 heterocycles. The highest BCUT2D eigenvalue weighted by Gasteiger charge is 2.29. The molecule has 0 aliphatic carbocycles. The lowest BCUT2D eigenvalue weighted by molar-refractivity contribution is 0.168. The number of halogens is 1. The van der Waals surface area contributed by atoms with Crippen molar-refractivity contribution in [2.24, 2.45) is 0 Å². The molecule has 1 aromatic rings. The number of hydrogen-bond donors (Lipinski definition) is 2. The summed E-state index contributed by atoms with van der Waals surface area (Å²) in [5.74, 6) is -0.916. The molecule has 0 aromatic heterocycles. The molecule has 3 N–H and O–H groups in total. The Labute approximate surface area is 111 Å². The molecule has 0 atom stereocenters. The van der Waals surface area contributed by atoms with E-state index in [1.165, 1.54) is 19.2 Å². The molecule has 1 rings (SSSR count). The lowest BCUT2D eigenvalue weighted by Gasteiger charge is -2.22. The third-order valence-corrected chi connectivity index (χ3v) is 4.48. The maximum absolute atomic E-state index is 13.7. The van der Waals surface area contributed by atoms with E-state index in [0.29, 0.717) is 0 Å². The SMILES string of the molecule is COCCN(CCO)S(=O)(=O)c1c(N)cccc1F. The Morgan fingerprint density at radius 3 is 2.63 bits per heavy atom. The Morgan fingerprint density at radius 2 is 2.11 bits per heavy atom. The topological polar surface area (TPSA) is 92.9 Å². The predicted octanol–water partition coefficient (Wildman–Crippen LogP) is 0.0373. The lowest BCUT2D eigenvalue weighted by atomic mass is 10.3. The average molecular weight is 292 g/mol. The number of ether oxygens (including phenoxy) is 1. The monoisotopic (exact) mass is 292 g/mol. The van der Waals surface area contributed by atoms with Gasteiger partial charge in [-0.25, -0.2) is 12.8 Å². The molecule has 0 saturated carbocycles. The summed E-state index contributed by atoms with van der Waals surface area (Å²) in [6, 6.07) is 3.66. The molecule has 108 valence electrons. The highest BCUT2D eigenvalue weighted by atomic mass is 32.2. The molecular formula is C11H17FN2O4S. The van der Waals surface area contributed by atoms with Crippen LogP contribution >= 0.6 is 0 Å². The number of sulfonamides is 1. The van der Waals surface area contributed by atoms with Crippen LogP contribution in [0.2, 0.25) is 0 Å². The van der Waals surface area contributed by atoms with E-state index in [1.54, 1.807) is 0 Å².